The van der Waals surface area contributed by atoms with Gasteiger partial charge in [0.15, 0.2) is 0 Å². The molecular formula is C21H45N5O6Si3. The molecule has 1 atom stereocenters. The van der Waals surface area contributed by atoms with Crippen LogP contribution in [0.1, 0.15) is 13.8 Å². The summed E-state index contributed by atoms with van der Waals surface area (Å²) in [7, 11) is 0.751. The topological polar surface area (TPSA) is 138 Å². The highest BCUT2D eigenvalue weighted by Gasteiger charge is 2.19. The first kappa shape index (κ1) is 37.2. The van der Waals surface area contributed by atoms with E-state index >= 15 is 0 Å². The third-order valence-corrected chi connectivity index (χ3v) is 8.44. The predicted molar refractivity (Wildman–Crippen MR) is 149 cm³/mol. The van der Waals surface area contributed by atoms with Gasteiger partial charge < -0.3 is 29.0 Å². The predicted octanol–water partition coefficient (Wildman–Crippen LogP) is 0.801. The van der Waals surface area contributed by atoms with Crippen molar-refractivity contribution in [3.05, 3.63) is 24.3 Å². The fourth-order valence-electron chi connectivity index (χ4n) is 1.65. The Morgan fingerprint density at radius 1 is 0.914 bits per heavy atom. The Morgan fingerprint density at radius 3 is 1.71 bits per heavy atom. The molecule has 0 saturated carbocycles. The van der Waals surface area contributed by atoms with Crippen LogP contribution >= 0.6 is 0 Å². The standard InChI is InChI=1S/C11H25N3O3Si2.C7H9NO3.C3H11NSi/c1-9(2)10(15)17-8-7-14(18(4)5)11(16)13-19(6)12-3;1-6(2)7(10)11-4-3-8-5-9;1-4-5(2)3/h12,18-19H,1,7-8H2,2-6H3,(H,13,16);1,3-4H2,2H3;4-5H,1-3H3. The van der Waals surface area contributed by atoms with Gasteiger partial charge in [0.1, 0.15) is 31.1 Å². The number of carbonyl (C=O) groups excluding carboxylic acids is 4. The molecule has 35 heavy (non-hydrogen) atoms. The summed E-state index contributed by atoms with van der Waals surface area (Å²) in [5, 5.41) is 0. The zero-order valence-electron chi connectivity index (χ0n) is 22.8. The highest BCUT2D eigenvalue weighted by atomic mass is 28.3. The van der Waals surface area contributed by atoms with Crippen molar-refractivity contribution in [2.24, 2.45) is 4.99 Å². The molecule has 11 nitrogen and oxygen atoms in total. The van der Waals surface area contributed by atoms with Gasteiger partial charge in [0.05, 0.1) is 6.54 Å². The van der Waals surface area contributed by atoms with E-state index in [9.17, 15) is 19.2 Å². The van der Waals surface area contributed by atoms with Gasteiger partial charge >= 0.3 is 18.0 Å². The quantitative estimate of drug-likeness (QED) is 0.0814. The summed E-state index contributed by atoms with van der Waals surface area (Å²) in [5.74, 6) is -0.880. The molecule has 202 valence electrons. The van der Waals surface area contributed by atoms with E-state index in [4.69, 9.17) is 4.74 Å². The Morgan fingerprint density at radius 2 is 1.37 bits per heavy atom. The van der Waals surface area contributed by atoms with Crippen LogP contribution in [0.3, 0.4) is 0 Å². The minimum absolute atomic E-state index is 0.0680. The number of esters is 2. The van der Waals surface area contributed by atoms with Gasteiger partial charge in [-0.05, 0) is 34.5 Å². The number of urea groups is 1. The van der Waals surface area contributed by atoms with Crippen LogP contribution in [0.5, 0.6) is 0 Å². The number of aliphatic imine (C=N–C) groups is 1. The number of rotatable bonds is 12. The largest absolute Gasteiger partial charge is 0.461 e. The van der Waals surface area contributed by atoms with E-state index in [1.165, 1.54) is 6.08 Å². The van der Waals surface area contributed by atoms with Gasteiger partial charge in [-0.2, -0.15) is 0 Å². The van der Waals surface area contributed by atoms with E-state index < -0.39 is 39.0 Å². The number of carbonyl (C=O) groups is 3. The fraction of sp³-hybridized carbons (Fsp3) is 0.619. The Hall–Kier alpha value is -2.36. The molecule has 0 heterocycles. The van der Waals surface area contributed by atoms with Crippen LogP contribution in [0.4, 0.5) is 4.79 Å². The van der Waals surface area contributed by atoms with E-state index in [-0.39, 0.29) is 25.8 Å². The Kier molecular flexibility index (Phi) is 24.9. The third kappa shape index (κ3) is 24.6. The van der Waals surface area contributed by atoms with Crippen molar-refractivity contribution in [2.45, 2.75) is 46.6 Å². The molecule has 0 aliphatic rings. The molecule has 0 rings (SSSR count). The SMILES string of the molecule is C=C(C)C(=O)OCCN(C(=O)N[SiH](C)NC)[SiH](C)C.C=C(C)C(=O)OCCN=C=O.CN[SiH](C)C. The number of hydrogen-bond acceptors (Lipinski definition) is 9. The number of ether oxygens (including phenoxy) is 2. The van der Waals surface area contributed by atoms with Gasteiger partial charge in [-0.1, -0.05) is 39.3 Å². The van der Waals surface area contributed by atoms with Crippen molar-refractivity contribution in [3.8, 4) is 0 Å². The minimum atomic E-state index is -1.40. The molecule has 0 aromatic carbocycles. The summed E-state index contributed by atoms with van der Waals surface area (Å²) < 4.78 is 11.4. The molecule has 0 spiro atoms. The van der Waals surface area contributed by atoms with Crippen molar-refractivity contribution < 1.29 is 28.7 Å². The molecular weight excluding hydrogens is 503 g/mol. The van der Waals surface area contributed by atoms with E-state index in [0.29, 0.717) is 17.7 Å². The van der Waals surface area contributed by atoms with E-state index in [0.717, 1.165) is 0 Å². The molecule has 14 heteroatoms. The summed E-state index contributed by atoms with van der Waals surface area (Å²) >= 11 is 0. The van der Waals surface area contributed by atoms with Crippen molar-refractivity contribution in [2.75, 3.05) is 40.4 Å². The van der Waals surface area contributed by atoms with Crippen LogP contribution in [0, 0.1) is 0 Å². The van der Waals surface area contributed by atoms with Gasteiger partial charge in [-0.3, -0.25) is 4.79 Å². The molecule has 1 unspecified atom stereocenters. The summed E-state index contributed by atoms with van der Waals surface area (Å²) in [4.78, 5) is 55.9. The van der Waals surface area contributed by atoms with Crippen molar-refractivity contribution in [3.63, 3.8) is 0 Å². The first-order valence-corrected chi connectivity index (χ1v) is 19.4. The molecule has 0 fully saturated rings. The maximum absolute atomic E-state index is 12.0. The van der Waals surface area contributed by atoms with Crippen molar-refractivity contribution in [1.82, 2.24) is 19.5 Å². The lowest BCUT2D eigenvalue weighted by molar-refractivity contribution is -0.139. The number of hydrogen-bond donors (Lipinski definition) is 3. The van der Waals surface area contributed by atoms with E-state index in [2.05, 4.69) is 64.0 Å². The summed E-state index contributed by atoms with van der Waals surface area (Å²) in [6.07, 6.45) is 1.33. The summed E-state index contributed by atoms with van der Waals surface area (Å²) in [5.41, 5.74) is 0.703. The maximum Gasteiger partial charge on any atom is 0.333 e. The molecule has 2 amide bonds. The Bertz CT molecular complexity index is 716. The van der Waals surface area contributed by atoms with Gasteiger partial charge in [0, 0.05) is 17.7 Å². The van der Waals surface area contributed by atoms with Crippen molar-refractivity contribution in [1.29, 1.82) is 0 Å². The second-order valence-electron chi connectivity index (χ2n) is 8.00. The molecule has 0 radical (unpaired) electrons. The number of nitrogens with zero attached hydrogens (tertiary/aromatic N) is 2. The zero-order valence-corrected chi connectivity index (χ0v) is 26.3. The lowest BCUT2D eigenvalue weighted by Crippen LogP contribution is -2.55. The molecule has 0 aromatic rings. The average molecular weight is 548 g/mol. The average Bonchev–Trinajstić information content (AvgIpc) is 2.79. The molecule has 0 aliphatic carbocycles. The van der Waals surface area contributed by atoms with Crippen LogP contribution < -0.4 is 14.9 Å². The van der Waals surface area contributed by atoms with Gasteiger partial charge in [-0.25, -0.2) is 19.4 Å². The first-order valence-electron chi connectivity index (χ1n) is 11.3. The normalized spacial score (nSPS) is 10.4. The monoisotopic (exact) mass is 547 g/mol. The second kappa shape index (κ2) is 23.4. The number of isocyanates is 1. The molecule has 0 aromatic heterocycles. The lowest BCUT2D eigenvalue weighted by atomic mass is 10.4. The fourth-order valence-corrected chi connectivity index (χ4v) is 3.64. The van der Waals surface area contributed by atoms with Gasteiger partial charge in [0.2, 0.25) is 15.2 Å². The molecule has 3 N–H and O–H groups in total. The highest BCUT2D eigenvalue weighted by Crippen LogP contribution is 1.98. The van der Waals surface area contributed by atoms with Gasteiger partial charge in [0.25, 0.3) is 0 Å². The molecule has 0 bridgehead atoms. The second-order valence-corrected chi connectivity index (χ2v) is 16.0. The van der Waals surface area contributed by atoms with Crippen LogP contribution in [0.2, 0.25) is 32.7 Å². The van der Waals surface area contributed by atoms with E-state index in [1.807, 2.05) is 20.6 Å². The Labute approximate surface area is 215 Å². The summed E-state index contributed by atoms with van der Waals surface area (Å²) in [6.45, 7) is 21.5. The van der Waals surface area contributed by atoms with Gasteiger partial charge in [-0.15, -0.1) is 0 Å². The van der Waals surface area contributed by atoms with Crippen LogP contribution in [-0.4, -0.2) is 96.1 Å². The van der Waals surface area contributed by atoms with Crippen LogP contribution in [-0.2, 0) is 23.9 Å². The highest BCUT2D eigenvalue weighted by molar-refractivity contribution is 6.59. The first-order chi connectivity index (χ1) is 16.2. The Balaban J connectivity index is -0.000000536. The van der Waals surface area contributed by atoms with Crippen LogP contribution in [0.15, 0.2) is 29.3 Å². The van der Waals surface area contributed by atoms with Crippen LogP contribution in [0.25, 0.3) is 0 Å². The molecule has 0 saturated heterocycles. The zero-order chi connectivity index (χ0) is 28.0. The minimum Gasteiger partial charge on any atom is -0.461 e. The van der Waals surface area contributed by atoms with E-state index in [1.54, 1.807) is 18.4 Å². The summed E-state index contributed by atoms with van der Waals surface area (Å²) in [6, 6.07) is -0.0680. The molecule has 0 aliphatic heterocycles. The maximum atomic E-state index is 12.0. The third-order valence-electron chi connectivity index (χ3n) is 4.00. The van der Waals surface area contributed by atoms with Crippen molar-refractivity contribution >= 4 is 51.1 Å². The number of amides is 2. The smallest absolute Gasteiger partial charge is 0.333 e. The number of nitrogens with one attached hydrogen (secondary N) is 3. The lowest BCUT2D eigenvalue weighted by Gasteiger charge is -2.27.